The molecule has 0 spiro atoms. The Labute approximate surface area is 113 Å². The number of hydrogen-bond acceptors (Lipinski definition) is 1. The van der Waals surface area contributed by atoms with Crippen molar-refractivity contribution >= 4 is 0 Å². The van der Waals surface area contributed by atoms with Crippen LogP contribution in [-0.2, 0) is 0 Å². The average Bonchev–Trinajstić information content (AvgIpc) is 2.92. The number of aromatic nitrogens is 2. The van der Waals surface area contributed by atoms with Crippen LogP contribution in [0.15, 0.2) is 60.9 Å². The molecule has 3 rings (SSSR count). The summed E-state index contributed by atoms with van der Waals surface area (Å²) in [6.45, 7) is 4.26. The van der Waals surface area contributed by atoms with E-state index in [9.17, 15) is 0 Å². The van der Waals surface area contributed by atoms with Crippen LogP contribution >= 0.6 is 0 Å². The number of hydrogen-bond donors (Lipinski definition) is 0. The van der Waals surface area contributed by atoms with Crippen molar-refractivity contribution in [3.05, 3.63) is 72.1 Å². The van der Waals surface area contributed by atoms with Crippen molar-refractivity contribution in [2.45, 2.75) is 13.8 Å². The summed E-state index contributed by atoms with van der Waals surface area (Å²) < 4.78 is 2.12. The molecule has 2 aromatic carbocycles. The highest BCUT2D eigenvalue weighted by molar-refractivity contribution is 5.60. The van der Waals surface area contributed by atoms with Gasteiger partial charge < -0.3 is 0 Å². The van der Waals surface area contributed by atoms with Gasteiger partial charge in [0, 0.05) is 23.6 Å². The average molecular weight is 248 g/mol. The van der Waals surface area contributed by atoms with Crippen LogP contribution in [0.2, 0.25) is 0 Å². The van der Waals surface area contributed by atoms with Crippen molar-refractivity contribution < 1.29 is 0 Å². The van der Waals surface area contributed by atoms with Crippen LogP contribution in [0.5, 0.6) is 0 Å². The summed E-state index contributed by atoms with van der Waals surface area (Å²) in [5.74, 6) is 0.981. The van der Waals surface area contributed by atoms with Crippen molar-refractivity contribution in [1.29, 1.82) is 0 Å². The Morgan fingerprint density at radius 1 is 0.895 bits per heavy atom. The molecule has 0 saturated heterocycles. The Balaban J connectivity index is 2.12. The van der Waals surface area contributed by atoms with Crippen LogP contribution in [0.3, 0.4) is 0 Å². The normalized spacial score (nSPS) is 10.6. The van der Waals surface area contributed by atoms with E-state index in [1.807, 2.05) is 30.6 Å². The third-order valence-electron chi connectivity index (χ3n) is 3.44. The standard InChI is InChI=1S/C17H16N2/c1-13-8-9-15(12-14(13)2)17-18-10-11-19(17)16-6-4-3-5-7-16/h3-12H,1-2H3. The van der Waals surface area contributed by atoms with Crippen LogP contribution in [-0.4, -0.2) is 9.55 Å². The molecule has 0 fully saturated rings. The maximum atomic E-state index is 4.50. The lowest BCUT2D eigenvalue weighted by atomic mass is 10.1. The minimum absolute atomic E-state index is 0.981. The quantitative estimate of drug-likeness (QED) is 0.666. The number of imidazole rings is 1. The fraction of sp³-hybridized carbons (Fsp3) is 0.118. The highest BCUT2D eigenvalue weighted by atomic mass is 15.1. The first-order chi connectivity index (χ1) is 9.25. The van der Waals surface area contributed by atoms with Gasteiger partial charge in [-0.1, -0.05) is 30.3 Å². The van der Waals surface area contributed by atoms with Gasteiger partial charge in [0.15, 0.2) is 0 Å². The summed E-state index contributed by atoms with van der Waals surface area (Å²) in [4.78, 5) is 4.50. The van der Waals surface area contributed by atoms with E-state index >= 15 is 0 Å². The summed E-state index contributed by atoms with van der Waals surface area (Å²) in [5.41, 5.74) is 4.88. The van der Waals surface area contributed by atoms with Gasteiger partial charge in [-0.2, -0.15) is 0 Å². The van der Waals surface area contributed by atoms with Gasteiger partial charge in [-0.05, 0) is 43.2 Å². The monoisotopic (exact) mass is 248 g/mol. The van der Waals surface area contributed by atoms with Gasteiger partial charge in [0.1, 0.15) is 5.82 Å². The molecule has 1 heterocycles. The van der Waals surface area contributed by atoms with Crippen LogP contribution in [0.1, 0.15) is 11.1 Å². The molecule has 0 aliphatic rings. The second kappa shape index (κ2) is 4.73. The molecule has 19 heavy (non-hydrogen) atoms. The predicted octanol–water partition coefficient (Wildman–Crippen LogP) is 4.16. The zero-order chi connectivity index (χ0) is 13.2. The van der Waals surface area contributed by atoms with Crippen LogP contribution < -0.4 is 0 Å². The maximum Gasteiger partial charge on any atom is 0.144 e. The van der Waals surface area contributed by atoms with Crippen molar-refractivity contribution in [3.8, 4) is 17.1 Å². The van der Waals surface area contributed by atoms with E-state index in [0.717, 1.165) is 17.1 Å². The van der Waals surface area contributed by atoms with Crippen molar-refractivity contribution in [2.24, 2.45) is 0 Å². The third-order valence-corrected chi connectivity index (χ3v) is 3.44. The maximum absolute atomic E-state index is 4.50. The van der Waals surface area contributed by atoms with E-state index < -0.39 is 0 Å². The van der Waals surface area contributed by atoms with E-state index in [2.05, 4.69) is 53.7 Å². The van der Waals surface area contributed by atoms with E-state index in [0.29, 0.717) is 0 Å². The molecule has 0 aliphatic carbocycles. The molecule has 0 aliphatic heterocycles. The SMILES string of the molecule is Cc1ccc(-c2nccn2-c2ccccc2)cc1C. The Kier molecular flexibility index (Phi) is 2.92. The van der Waals surface area contributed by atoms with Gasteiger partial charge in [-0.15, -0.1) is 0 Å². The molecule has 0 N–H and O–H groups in total. The zero-order valence-corrected chi connectivity index (χ0v) is 11.2. The smallest absolute Gasteiger partial charge is 0.144 e. The second-order valence-electron chi connectivity index (χ2n) is 4.76. The van der Waals surface area contributed by atoms with Gasteiger partial charge in [-0.25, -0.2) is 4.98 Å². The van der Waals surface area contributed by atoms with Crippen LogP contribution in [0.25, 0.3) is 17.1 Å². The van der Waals surface area contributed by atoms with Crippen molar-refractivity contribution in [3.63, 3.8) is 0 Å². The van der Waals surface area contributed by atoms with Gasteiger partial charge in [-0.3, -0.25) is 4.57 Å². The highest BCUT2D eigenvalue weighted by Gasteiger charge is 2.08. The number of aryl methyl sites for hydroxylation is 2. The number of nitrogens with zero attached hydrogens (tertiary/aromatic N) is 2. The van der Waals surface area contributed by atoms with Crippen molar-refractivity contribution in [1.82, 2.24) is 9.55 Å². The molecule has 1 aromatic heterocycles. The Hall–Kier alpha value is -2.35. The summed E-state index contributed by atoms with van der Waals surface area (Å²) in [5, 5.41) is 0. The minimum atomic E-state index is 0.981. The lowest BCUT2D eigenvalue weighted by Gasteiger charge is -2.09. The van der Waals surface area contributed by atoms with E-state index in [4.69, 9.17) is 0 Å². The second-order valence-corrected chi connectivity index (χ2v) is 4.76. The molecule has 0 amide bonds. The Morgan fingerprint density at radius 3 is 2.42 bits per heavy atom. The molecule has 0 unspecified atom stereocenters. The highest BCUT2D eigenvalue weighted by Crippen LogP contribution is 2.23. The van der Waals surface area contributed by atoms with E-state index in [1.54, 1.807) is 0 Å². The fourth-order valence-corrected chi connectivity index (χ4v) is 2.19. The lowest BCUT2D eigenvalue weighted by Crippen LogP contribution is -1.96. The Morgan fingerprint density at radius 2 is 1.68 bits per heavy atom. The molecule has 3 aromatic rings. The minimum Gasteiger partial charge on any atom is -0.300 e. The lowest BCUT2D eigenvalue weighted by molar-refractivity contribution is 1.07. The molecule has 0 atom stereocenters. The zero-order valence-electron chi connectivity index (χ0n) is 11.2. The first-order valence-corrected chi connectivity index (χ1v) is 6.42. The first kappa shape index (κ1) is 11.7. The molecule has 2 nitrogen and oxygen atoms in total. The number of benzene rings is 2. The van der Waals surface area contributed by atoms with Crippen molar-refractivity contribution in [2.75, 3.05) is 0 Å². The van der Waals surface area contributed by atoms with Gasteiger partial charge >= 0.3 is 0 Å². The summed E-state index contributed by atoms with van der Waals surface area (Å²) in [7, 11) is 0. The predicted molar refractivity (Wildman–Crippen MR) is 78.5 cm³/mol. The van der Waals surface area contributed by atoms with Gasteiger partial charge in [0.2, 0.25) is 0 Å². The van der Waals surface area contributed by atoms with Crippen LogP contribution in [0, 0.1) is 13.8 Å². The topological polar surface area (TPSA) is 17.8 Å². The Bertz CT molecular complexity index is 696. The first-order valence-electron chi connectivity index (χ1n) is 6.42. The summed E-state index contributed by atoms with van der Waals surface area (Å²) in [6.07, 6.45) is 3.84. The summed E-state index contributed by atoms with van der Waals surface area (Å²) in [6, 6.07) is 16.8. The van der Waals surface area contributed by atoms with Gasteiger partial charge in [0.05, 0.1) is 0 Å². The molecule has 0 saturated carbocycles. The molecule has 0 radical (unpaired) electrons. The molecule has 94 valence electrons. The molecule has 0 bridgehead atoms. The third kappa shape index (κ3) is 2.17. The molecular weight excluding hydrogens is 232 g/mol. The summed E-state index contributed by atoms with van der Waals surface area (Å²) >= 11 is 0. The number of rotatable bonds is 2. The van der Waals surface area contributed by atoms with E-state index in [1.165, 1.54) is 11.1 Å². The largest absolute Gasteiger partial charge is 0.300 e. The van der Waals surface area contributed by atoms with E-state index in [-0.39, 0.29) is 0 Å². The molecular formula is C17H16N2. The van der Waals surface area contributed by atoms with Crippen LogP contribution in [0.4, 0.5) is 0 Å². The fourth-order valence-electron chi connectivity index (χ4n) is 2.19. The molecule has 2 heteroatoms. The van der Waals surface area contributed by atoms with Gasteiger partial charge in [0.25, 0.3) is 0 Å². The number of para-hydroxylation sites is 1.